The summed E-state index contributed by atoms with van der Waals surface area (Å²) in [6.45, 7) is 11.8. The fourth-order valence-corrected chi connectivity index (χ4v) is 2.22. The molecule has 108 valence electrons. The van der Waals surface area contributed by atoms with Crippen LogP contribution in [0.15, 0.2) is 12.1 Å². The Kier molecular flexibility index (Phi) is 5.39. The maximum Gasteiger partial charge on any atom is 0.128 e. The fourth-order valence-electron chi connectivity index (χ4n) is 2.22. The number of methoxy groups -OCH3 is 1. The summed E-state index contributed by atoms with van der Waals surface area (Å²) in [5.41, 5.74) is 9.08. The van der Waals surface area contributed by atoms with Crippen molar-refractivity contribution in [3.8, 4) is 5.75 Å². The number of aryl methyl sites for hydroxylation is 1. The molecule has 0 aliphatic heterocycles. The molecule has 1 atom stereocenters. The van der Waals surface area contributed by atoms with Crippen LogP contribution in [-0.2, 0) is 10.2 Å². The Morgan fingerprint density at radius 1 is 1.26 bits per heavy atom. The second-order valence-corrected chi connectivity index (χ2v) is 5.99. The van der Waals surface area contributed by atoms with Crippen LogP contribution >= 0.6 is 0 Å². The Hall–Kier alpha value is -1.06. The first kappa shape index (κ1) is 16.0. The van der Waals surface area contributed by atoms with E-state index < -0.39 is 0 Å². The van der Waals surface area contributed by atoms with Gasteiger partial charge in [0.2, 0.25) is 0 Å². The van der Waals surface area contributed by atoms with Gasteiger partial charge < -0.3 is 15.2 Å². The molecule has 0 saturated carbocycles. The molecule has 1 unspecified atom stereocenters. The number of hydrogen-bond acceptors (Lipinski definition) is 3. The molecule has 0 spiro atoms. The van der Waals surface area contributed by atoms with Crippen molar-refractivity contribution in [2.45, 2.75) is 46.1 Å². The number of rotatable bonds is 5. The van der Waals surface area contributed by atoms with Crippen molar-refractivity contribution >= 4 is 0 Å². The van der Waals surface area contributed by atoms with Gasteiger partial charge in [0.25, 0.3) is 0 Å². The second-order valence-electron chi connectivity index (χ2n) is 5.99. The fraction of sp³-hybridized carbons (Fsp3) is 0.625. The summed E-state index contributed by atoms with van der Waals surface area (Å²) in [6.07, 6.45) is -0.0144. The van der Waals surface area contributed by atoms with Crippen molar-refractivity contribution < 1.29 is 9.47 Å². The highest BCUT2D eigenvalue weighted by molar-refractivity contribution is 5.48. The zero-order valence-electron chi connectivity index (χ0n) is 13.0. The van der Waals surface area contributed by atoms with Gasteiger partial charge in [0.1, 0.15) is 5.75 Å². The van der Waals surface area contributed by atoms with Crippen molar-refractivity contribution in [2.24, 2.45) is 5.73 Å². The van der Waals surface area contributed by atoms with Gasteiger partial charge in [-0.1, -0.05) is 32.4 Å². The van der Waals surface area contributed by atoms with Crippen molar-refractivity contribution in [1.29, 1.82) is 0 Å². The highest BCUT2D eigenvalue weighted by atomic mass is 16.5. The van der Waals surface area contributed by atoms with Crippen LogP contribution < -0.4 is 10.5 Å². The van der Waals surface area contributed by atoms with Crippen LogP contribution in [0.3, 0.4) is 0 Å². The zero-order chi connectivity index (χ0) is 14.6. The van der Waals surface area contributed by atoms with E-state index in [1.165, 1.54) is 11.1 Å². The normalized spacial score (nSPS) is 13.4. The van der Waals surface area contributed by atoms with Crippen molar-refractivity contribution in [3.05, 3.63) is 28.8 Å². The topological polar surface area (TPSA) is 44.5 Å². The minimum Gasteiger partial charge on any atom is -0.496 e. The lowest BCUT2D eigenvalue weighted by atomic mass is 9.83. The molecule has 0 saturated heterocycles. The van der Waals surface area contributed by atoms with Gasteiger partial charge in [0.15, 0.2) is 0 Å². The molecule has 1 aromatic carbocycles. The molecule has 2 N–H and O–H groups in total. The average molecular weight is 265 g/mol. The Morgan fingerprint density at radius 3 is 2.37 bits per heavy atom. The molecule has 1 aromatic rings. The van der Waals surface area contributed by atoms with E-state index in [0.717, 1.165) is 11.3 Å². The maximum atomic E-state index is 5.74. The molecule has 0 amide bonds. The van der Waals surface area contributed by atoms with E-state index >= 15 is 0 Å². The molecule has 0 heterocycles. The zero-order valence-corrected chi connectivity index (χ0v) is 13.0. The van der Waals surface area contributed by atoms with Crippen LogP contribution in [0.2, 0.25) is 0 Å². The quantitative estimate of drug-likeness (QED) is 0.888. The molecule has 0 aliphatic carbocycles. The third-order valence-electron chi connectivity index (χ3n) is 3.20. The predicted molar refractivity (Wildman–Crippen MR) is 79.9 cm³/mol. The van der Waals surface area contributed by atoms with Gasteiger partial charge in [0, 0.05) is 17.7 Å². The molecule has 0 radical (unpaired) electrons. The lowest BCUT2D eigenvalue weighted by Crippen LogP contribution is -2.16. The van der Waals surface area contributed by atoms with Gasteiger partial charge in [0.05, 0.1) is 19.8 Å². The summed E-state index contributed by atoms with van der Waals surface area (Å²) in [5, 5.41) is 0. The summed E-state index contributed by atoms with van der Waals surface area (Å²) < 4.78 is 11.4. The van der Waals surface area contributed by atoms with Crippen LogP contribution in [-0.4, -0.2) is 20.3 Å². The van der Waals surface area contributed by atoms with E-state index in [2.05, 4.69) is 39.8 Å². The summed E-state index contributed by atoms with van der Waals surface area (Å²) in [7, 11) is 1.72. The first-order chi connectivity index (χ1) is 8.81. The van der Waals surface area contributed by atoms with Gasteiger partial charge >= 0.3 is 0 Å². The number of ether oxygens (including phenoxy) is 2. The van der Waals surface area contributed by atoms with Gasteiger partial charge in [-0.2, -0.15) is 0 Å². The van der Waals surface area contributed by atoms with E-state index in [1.807, 2.05) is 6.92 Å². The van der Waals surface area contributed by atoms with Gasteiger partial charge in [-0.3, -0.25) is 0 Å². The van der Waals surface area contributed by atoms with E-state index in [-0.39, 0.29) is 11.5 Å². The van der Waals surface area contributed by atoms with Gasteiger partial charge in [-0.15, -0.1) is 0 Å². The summed E-state index contributed by atoms with van der Waals surface area (Å²) in [6, 6.07) is 4.33. The molecule has 0 aromatic heterocycles. The molecule has 0 bridgehead atoms. The minimum absolute atomic E-state index is 0.0144. The molecule has 3 heteroatoms. The van der Waals surface area contributed by atoms with Crippen LogP contribution in [0.4, 0.5) is 0 Å². The average Bonchev–Trinajstić information content (AvgIpc) is 2.33. The van der Waals surface area contributed by atoms with E-state index in [0.29, 0.717) is 13.2 Å². The van der Waals surface area contributed by atoms with Crippen LogP contribution in [0, 0.1) is 6.92 Å². The van der Waals surface area contributed by atoms with Crippen molar-refractivity contribution in [3.63, 3.8) is 0 Å². The molecule has 19 heavy (non-hydrogen) atoms. The van der Waals surface area contributed by atoms with E-state index in [1.54, 1.807) is 7.11 Å². The molecule has 0 fully saturated rings. The highest BCUT2D eigenvalue weighted by Gasteiger charge is 2.24. The number of nitrogens with two attached hydrogens (primary N) is 1. The number of hydrogen-bond donors (Lipinski definition) is 1. The standard InChI is InChI=1S/C16H27NO2/c1-11-9-13(12(2)19-8-7-17)15(18-6)14(10-11)16(3,4)5/h9-10,12H,7-8,17H2,1-6H3. The SMILES string of the molecule is COc1c(C(C)OCCN)cc(C)cc1C(C)(C)C. The van der Waals surface area contributed by atoms with Crippen LogP contribution in [0.5, 0.6) is 5.75 Å². The molecular weight excluding hydrogens is 238 g/mol. The maximum absolute atomic E-state index is 5.74. The van der Waals surface area contributed by atoms with E-state index in [4.69, 9.17) is 15.2 Å². The van der Waals surface area contributed by atoms with Crippen molar-refractivity contribution in [2.75, 3.05) is 20.3 Å². The Balaban J connectivity index is 3.27. The monoisotopic (exact) mass is 265 g/mol. The third kappa shape index (κ3) is 3.95. The lowest BCUT2D eigenvalue weighted by Gasteiger charge is -2.26. The third-order valence-corrected chi connectivity index (χ3v) is 3.20. The Bertz CT molecular complexity index is 421. The largest absolute Gasteiger partial charge is 0.496 e. The lowest BCUT2D eigenvalue weighted by molar-refractivity contribution is 0.0697. The van der Waals surface area contributed by atoms with Crippen LogP contribution in [0.1, 0.15) is 50.5 Å². The Labute approximate surface area is 117 Å². The molecule has 3 nitrogen and oxygen atoms in total. The number of benzene rings is 1. The Morgan fingerprint density at radius 2 is 1.89 bits per heavy atom. The highest BCUT2D eigenvalue weighted by Crippen LogP contribution is 2.38. The second kappa shape index (κ2) is 6.40. The molecule has 1 rings (SSSR count). The smallest absolute Gasteiger partial charge is 0.128 e. The molecule has 0 aliphatic rings. The predicted octanol–water partition coefficient (Wildman–Crippen LogP) is 3.34. The van der Waals surface area contributed by atoms with Crippen LogP contribution in [0.25, 0.3) is 0 Å². The first-order valence-corrected chi connectivity index (χ1v) is 6.82. The first-order valence-electron chi connectivity index (χ1n) is 6.82. The van der Waals surface area contributed by atoms with Gasteiger partial charge in [-0.25, -0.2) is 0 Å². The summed E-state index contributed by atoms with van der Waals surface area (Å²) in [5.74, 6) is 0.933. The van der Waals surface area contributed by atoms with E-state index in [9.17, 15) is 0 Å². The van der Waals surface area contributed by atoms with Gasteiger partial charge in [-0.05, 0) is 25.3 Å². The van der Waals surface area contributed by atoms with Crippen molar-refractivity contribution in [1.82, 2.24) is 0 Å². The summed E-state index contributed by atoms with van der Waals surface area (Å²) in [4.78, 5) is 0. The summed E-state index contributed by atoms with van der Waals surface area (Å²) >= 11 is 0. The molecular formula is C16H27NO2. The minimum atomic E-state index is -0.0144.